The smallest absolute Gasteiger partial charge is 0.319 e. The van der Waals surface area contributed by atoms with Gasteiger partial charge < -0.3 is 20.7 Å². The van der Waals surface area contributed by atoms with E-state index < -0.39 is 12.0 Å². The lowest BCUT2D eigenvalue weighted by atomic mass is 9.72. The molecule has 1 aromatic heterocycles. The number of piperazine rings is 1. The van der Waals surface area contributed by atoms with Crippen LogP contribution in [0.3, 0.4) is 0 Å². The van der Waals surface area contributed by atoms with Gasteiger partial charge in [-0.3, -0.25) is 4.90 Å². The molecule has 0 amide bonds. The lowest BCUT2D eigenvalue weighted by Crippen LogP contribution is -2.65. The number of hydrogen-bond acceptors (Lipinski definition) is 7. The molecule has 1 aliphatic carbocycles. The van der Waals surface area contributed by atoms with Gasteiger partial charge in [0.05, 0.1) is 10.6 Å². The number of aromatic nitrogens is 2. The van der Waals surface area contributed by atoms with Gasteiger partial charge in [-0.2, -0.15) is 9.97 Å². The molecule has 8 rings (SSSR count). The van der Waals surface area contributed by atoms with E-state index in [-0.39, 0.29) is 34.6 Å². The zero-order valence-electron chi connectivity index (χ0n) is 27.6. The van der Waals surface area contributed by atoms with Crippen LogP contribution in [0.15, 0.2) is 30.3 Å². The van der Waals surface area contributed by atoms with Crippen LogP contribution in [-0.2, 0) is 0 Å². The second-order valence-corrected chi connectivity index (χ2v) is 16.1. The molecule has 2 aromatic carbocycles. The van der Waals surface area contributed by atoms with Crippen molar-refractivity contribution in [2.75, 3.05) is 43.4 Å². The number of halogens is 3. The normalized spacial score (nSPS) is 29.1. The Morgan fingerprint density at radius 3 is 2.77 bits per heavy atom. The Hall–Kier alpha value is -3.01. The van der Waals surface area contributed by atoms with Crippen molar-refractivity contribution in [1.29, 1.82) is 0 Å². The average Bonchev–Trinajstić information content (AvgIpc) is 3.80. The van der Waals surface area contributed by atoms with E-state index in [0.29, 0.717) is 52.0 Å². The van der Waals surface area contributed by atoms with Gasteiger partial charge in [-0.25, -0.2) is 8.78 Å². The average molecular weight is 663 g/mol. The van der Waals surface area contributed by atoms with E-state index in [9.17, 15) is 4.39 Å². The summed E-state index contributed by atoms with van der Waals surface area (Å²) >= 11 is 6.80. The second-order valence-electron chi connectivity index (χ2n) is 15.7. The number of nitrogen functional groups attached to an aromatic ring is 1. The molecule has 5 aliphatic rings. The van der Waals surface area contributed by atoms with E-state index in [1.807, 2.05) is 18.2 Å². The molecule has 4 saturated heterocycles. The lowest BCUT2D eigenvalue weighted by molar-refractivity contribution is 0.107. The first-order valence-corrected chi connectivity index (χ1v) is 17.7. The fourth-order valence-electron chi connectivity index (χ4n) is 9.22. The van der Waals surface area contributed by atoms with Crippen molar-refractivity contribution >= 4 is 39.6 Å². The highest BCUT2D eigenvalue weighted by atomic mass is 35.5. The van der Waals surface area contributed by atoms with E-state index in [2.05, 4.69) is 42.0 Å². The van der Waals surface area contributed by atoms with Gasteiger partial charge in [-0.05, 0) is 86.2 Å². The van der Waals surface area contributed by atoms with Crippen LogP contribution in [0.2, 0.25) is 5.02 Å². The molecule has 0 unspecified atom stereocenters. The minimum atomic E-state index is -0.869. The first kappa shape index (κ1) is 31.3. The van der Waals surface area contributed by atoms with Crippen molar-refractivity contribution in [3.63, 3.8) is 0 Å². The number of allylic oxidation sites excluding steroid dienone is 2. The third-order valence-electron chi connectivity index (χ3n) is 11.8. The van der Waals surface area contributed by atoms with E-state index >= 15 is 4.39 Å². The molecule has 0 spiro atoms. The monoisotopic (exact) mass is 662 g/mol. The predicted octanol–water partition coefficient (Wildman–Crippen LogP) is 7.55. The van der Waals surface area contributed by atoms with E-state index in [1.165, 1.54) is 0 Å². The molecular weight excluding hydrogens is 618 g/mol. The molecule has 5 heterocycles. The summed E-state index contributed by atoms with van der Waals surface area (Å²) in [6.07, 6.45) is 8.68. The van der Waals surface area contributed by atoms with E-state index in [0.717, 1.165) is 75.7 Å². The molecule has 47 heavy (non-hydrogen) atoms. The number of rotatable bonds is 6. The van der Waals surface area contributed by atoms with Gasteiger partial charge in [-0.15, -0.1) is 0 Å². The third-order valence-corrected chi connectivity index (χ3v) is 12.1. The maximum atomic E-state index is 17.1. The summed E-state index contributed by atoms with van der Waals surface area (Å²) in [5.74, 6) is 0.226. The van der Waals surface area contributed by atoms with Crippen LogP contribution >= 0.6 is 11.6 Å². The number of nitrogens with zero attached hydrogens (tertiary/aromatic N) is 4. The first-order valence-electron chi connectivity index (χ1n) is 17.3. The number of anilines is 2. The van der Waals surface area contributed by atoms with Gasteiger partial charge in [0.2, 0.25) is 0 Å². The molecule has 4 aliphatic heterocycles. The Kier molecular flexibility index (Phi) is 7.50. The molecule has 0 saturated carbocycles. The molecule has 4 fully saturated rings. The van der Waals surface area contributed by atoms with Crippen molar-refractivity contribution in [2.24, 2.45) is 5.41 Å². The summed E-state index contributed by atoms with van der Waals surface area (Å²) in [5, 5.41) is 5.09. The van der Waals surface area contributed by atoms with Crippen LogP contribution in [0.25, 0.3) is 27.6 Å². The summed E-state index contributed by atoms with van der Waals surface area (Å²) in [5.41, 5.74) is 9.52. The zero-order valence-corrected chi connectivity index (χ0v) is 28.4. The number of alkyl halides is 1. The molecule has 10 heteroatoms. The number of benzene rings is 2. The number of nitrogens with two attached hydrogens (primary N) is 1. The highest BCUT2D eigenvalue weighted by molar-refractivity contribution is 6.33. The number of fused-ring (bicyclic) bond motifs is 4. The van der Waals surface area contributed by atoms with Gasteiger partial charge in [-0.1, -0.05) is 44.5 Å². The SMILES string of the molecule is CC(C)(C)[C@]12CC[C@@H](CN(c3nc(OC[C@@]45CCCN4C[C@H](F)C5)nc4c(F)c(-c5cc(N)cc(Cl)c5C5=CCCC5)ccc34)C1)N2. The van der Waals surface area contributed by atoms with E-state index in [4.69, 9.17) is 32.0 Å². The molecule has 3 aromatic rings. The summed E-state index contributed by atoms with van der Waals surface area (Å²) in [4.78, 5) is 14.3. The highest BCUT2D eigenvalue weighted by Gasteiger charge is 2.52. The Morgan fingerprint density at radius 1 is 1.13 bits per heavy atom. The van der Waals surface area contributed by atoms with Crippen LogP contribution in [-0.4, -0.2) is 70.9 Å². The lowest BCUT2D eigenvalue weighted by Gasteiger charge is -2.49. The van der Waals surface area contributed by atoms with Gasteiger partial charge in [0.25, 0.3) is 0 Å². The molecule has 0 radical (unpaired) electrons. The summed E-state index contributed by atoms with van der Waals surface area (Å²) in [7, 11) is 0. The van der Waals surface area contributed by atoms with Gasteiger partial charge >= 0.3 is 6.01 Å². The standard InChI is InChI=1S/C37H45ClF2N6O/c1-35(2,3)37-13-11-25(44-37)19-45(20-37)33-27-10-9-26(28-15-24(41)16-29(38)30(28)22-7-4-5-8-22)31(40)32(27)42-34(43-33)47-21-36-12-6-14-46(36)18-23(39)17-36/h7,9-10,15-16,23,25,44H,4-6,8,11-14,17-21,41H2,1-3H3/t23-,25+,36+,37+/m1/s1. The Morgan fingerprint density at radius 2 is 1.98 bits per heavy atom. The van der Waals surface area contributed by atoms with Crippen molar-refractivity contribution in [3.05, 3.63) is 46.7 Å². The number of ether oxygens (including phenoxy) is 1. The molecule has 7 nitrogen and oxygen atoms in total. The predicted molar refractivity (Wildman–Crippen MR) is 185 cm³/mol. The van der Waals surface area contributed by atoms with Crippen molar-refractivity contribution in [1.82, 2.24) is 20.2 Å². The van der Waals surface area contributed by atoms with Crippen LogP contribution in [0, 0.1) is 11.2 Å². The largest absolute Gasteiger partial charge is 0.461 e. The van der Waals surface area contributed by atoms with Gasteiger partial charge in [0, 0.05) is 59.8 Å². The fraction of sp³-hybridized carbons (Fsp3) is 0.568. The molecule has 250 valence electrons. The molecule has 4 atom stereocenters. The summed E-state index contributed by atoms with van der Waals surface area (Å²) in [6, 6.07) is 7.75. The minimum absolute atomic E-state index is 0.00923. The Balaban J connectivity index is 1.26. The van der Waals surface area contributed by atoms with Crippen LogP contribution < -0.4 is 20.7 Å². The van der Waals surface area contributed by atoms with Crippen molar-refractivity contribution < 1.29 is 13.5 Å². The van der Waals surface area contributed by atoms with Crippen molar-refractivity contribution in [2.45, 2.75) is 95.4 Å². The maximum Gasteiger partial charge on any atom is 0.319 e. The molecule has 3 N–H and O–H groups in total. The van der Waals surface area contributed by atoms with Crippen LogP contribution in [0.4, 0.5) is 20.3 Å². The zero-order chi connectivity index (χ0) is 32.7. The van der Waals surface area contributed by atoms with Gasteiger partial charge in [0.1, 0.15) is 24.1 Å². The topological polar surface area (TPSA) is 79.5 Å². The molecule has 2 bridgehead atoms. The maximum absolute atomic E-state index is 17.1. The van der Waals surface area contributed by atoms with Crippen molar-refractivity contribution in [3.8, 4) is 17.1 Å². The summed E-state index contributed by atoms with van der Waals surface area (Å²) < 4.78 is 38.1. The van der Waals surface area contributed by atoms with Crippen LogP contribution in [0.5, 0.6) is 6.01 Å². The van der Waals surface area contributed by atoms with Crippen LogP contribution in [0.1, 0.15) is 77.7 Å². The third kappa shape index (κ3) is 5.19. The van der Waals surface area contributed by atoms with E-state index in [1.54, 1.807) is 6.07 Å². The number of nitrogens with one attached hydrogen (secondary N) is 1. The second kappa shape index (κ2) is 11.3. The quantitative estimate of drug-likeness (QED) is 0.264. The Labute approximate surface area is 280 Å². The minimum Gasteiger partial charge on any atom is -0.461 e. The van der Waals surface area contributed by atoms with Gasteiger partial charge in [0.15, 0.2) is 5.82 Å². The highest BCUT2D eigenvalue weighted by Crippen LogP contribution is 2.47. The fourth-order valence-corrected chi connectivity index (χ4v) is 9.56. The molecular formula is C37H45ClF2N6O. The summed E-state index contributed by atoms with van der Waals surface area (Å²) in [6.45, 7) is 9.93. The number of hydrogen-bond donors (Lipinski definition) is 2. The Bertz CT molecular complexity index is 1780. The first-order chi connectivity index (χ1) is 22.5.